The van der Waals surface area contributed by atoms with Crippen LogP contribution in [0.5, 0.6) is 0 Å². The maximum Gasteiger partial charge on any atom is 0.225 e. The normalized spacial score (nSPS) is 13.5. The fourth-order valence-electron chi connectivity index (χ4n) is 2.68. The molecule has 1 aliphatic rings. The summed E-state index contributed by atoms with van der Waals surface area (Å²) in [5.41, 5.74) is 5.46. The molecule has 1 aromatic carbocycles. The van der Waals surface area contributed by atoms with Gasteiger partial charge in [-0.3, -0.25) is 4.98 Å². The summed E-state index contributed by atoms with van der Waals surface area (Å²) in [5, 5.41) is 6.85. The summed E-state index contributed by atoms with van der Waals surface area (Å²) in [6.45, 7) is 4.23. The Morgan fingerprint density at radius 1 is 1.00 bits per heavy atom. The lowest BCUT2D eigenvalue weighted by Crippen LogP contribution is -2.08. The second-order valence-corrected chi connectivity index (χ2v) is 6.49. The van der Waals surface area contributed by atoms with E-state index in [2.05, 4.69) is 57.6 Å². The van der Waals surface area contributed by atoms with Crippen LogP contribution in [-0.2, 0) is 0 Å². The van der Waals surface area contributed by atoms with Crippen LogP contribution in [0.15, 0.2) is 48.8 Å². The number of hydrogen-bond donors (Lipinski definition) is 2. The lowest BCUT2D eigenvalue weighted by atomic mass is 10.1. The van der Waals surface area contributed by atoms with Crippen molar-refractivity contribution >= 4 is 17.5 Å². The molecule has 0 spiro atoms. The summed E-state index contributed by atoms with van der Waals surface area (Å²) < 4.78 is 0. The molecule has 2 heterocycles. The third kappa shape index (κ3) is 3.60. The average molecular weight is 331 g/mol. The third-order valence-corrected chi connectivity index (χ3v) is 4.48. The molecule has 1 aliphatic carbocycles. The summed E-state index contributed by atoms with van der Waals surface area (Å²) in [6, 6.07) is 12.7. The van der Waals surface area contributed by atoms with E-state index in [0.717, 1.165) is 22.8 Å². The number of aromatic nitrogens is 3. The van der Waals surface area contributed by atoms with E-state index >= 15 is 0 Å². The topological polar surface area (TPSA) is 62.7 Å². The Kier molecular flexibility index (Phi) is 4.06. The molecule has 0 unspecified atom stereocenters. The molecule has 0 aliphatic heterocycles. The summed E-state index contributed by atoms with van der Waals surface area (Å²) in [4.78, 5) is 13.4. The van der Waals surface area contributed by atoms with E-state index in [1.807, 2.05) is 18.2 Å². The number of aryl methyl sites for hydroxylation is 1. The van der Waals surface area contributed by atoms with E-state index in [9.17, 15) is 0 Å². The van der Waals surface area contributed by atoms with Crippen LogP contribution in [0.3, 0.4) is 0 Å². The number of nitrogens with zero attached hydrogens (tertiary/aromatic N) is 3. The van der Waals surface area contributed by atoms with Gasteiger partial charge in [0.1, 0.15) is 5.82 Å². The van der Waals surface area contributed by atoms with E-state index in [4.69, 9.17) is 0 Å². The van der Waals surface area contributed by atoms with Gasteiger partial charge in [0.05, 0.1) is 5.69 Å². The fourth-order valence-corrected chi connectivity index (χ4v) is 2.68. The zero-order chi connectivity index (χ0) is 17.2. The zero-order valence-corrected chi connectivity index (χ0v) is 14.5. The molecule has 25 heavy (non-hydrogen) atoms. The Balaban J connectivity index is 1.71. The van der Waals surface area contributed by atoms with Gasteiger partial charge in [0.25, 0.3) is 0 Å². The van der Waals surface area contributed by atoms with Crippen molar-refractivity contribution in [3.8, 4) is 11.3 Å². The van der Waals surface area contributed by atoms with Crippen LogP contribution in [0, 0.1) is 13.8 Å². The summed E-state index contributed by atoms with van der Waals surface area (Å²) in [7, 11) is 0. The van der Waals surface area contributed by atoms with Crippen molar-refractivity contribution in [1.29, 1.82) is 0 Å². The highest BCUT2D eigenvalue weighted by atomic mass is 15.2. The van der Waals surface area contributed by atoms with Crippen molar-refractivity contribution in [2.24, 2.45) is 0 Å². The van der Waals surface area contributed by atoms with E-state index in [1.54, 1.807) is 12.4 Å². The molecule has 5 nitrogen and oxygen atoms in total. The Bertz CT molecular complexity index is 888. The highest BCUT2D eigenvalue weighted by Crippen LogP contribution is 2.28. The van der Waals surface area contributed by atoms with Gasteiger partial charge in [0, 0.05) is 35.8 Å². The quantitative estimate of drug-likeness (QED) is 0.722. The van der Waals surface area contributed by atoms with E-state index in [1.165, 1.54) is 24.0 Å². The zero-order valence-electron chi connectivity index (χ0n) is 14.5. The van der Waals surface area contributed by atoms with Crippen molar-refractivity contribution in [1.82, 2.24) is 15.0 Å². The van der Waals surface area contributed by atoms with Crippen LogP contribution in [0.4, 0.5) is 17.5 Å². The SMILES string of the molecule is Cc1cccc(Nc2cc(-c3ccncc3)nc(NC3CC3)n2)c1C. The molecule has 2 N–H and O–H groups in total. The Morgan fingerprint density at radius 2 is 1.80 bits per heavy atom. The van der Waals surface area contributed by atoms with Crippen LogP contribution < -0.4 is 10.6 Å². The second-order valence-electron chi connectivity index (χ2n) is 6.49. The van der Waals surface area contributed by atoms with Crippen molar-refractivity contribution < 1.29 is 0 Å². The summed E-state index contributed by atoms with van der Waals surface area (Å²) >= 11 is 0. The van der Waals surface area contributed by atoms with Crippen LogP contribution in [0.1, 0.15) is 24.0 Å². The second kappa shape index (κ2) is 6.51. The van der Waals surface area contributed by atoms with Gasteiger partial charge in [-0.15, -0.1) is 0 Å². The molecular weight excluding hydrogens is 310 g/mol. The van der Waals surface area contributed by atoms with Gasteiger partial charge in [-0.2, -0.15) is 4.98 Å². The number of anilines is 3. The molecule has 0 saturated heterocycles. The molecule has 2 aromatic heterocycles. The Morgan fingerprint density at radius 3 is 2.56 bits per heavy atom. The first kappa shape index (κ1) is 15.6. The monoisotopic (exact) mass is 331 g/mol. The molecule has 4 rings (SSSR count). The van der Waals surface area contributed by atoms with Crippen LogP contribution in [-0.4, -0.2) is 21.0 Å². The van der Waals surface area contributed by atoms with E-state index < -0.39 is 0 Å². The van der Waals surface area contributed by atoms with Gasteiger partial charge in [-0.1, -0.05) is 12.1 Å². The predicted octanol–water partition coefficient (Wildman–Crippen LogP) is 4.47. The molecule has 5 heteroatoms. The number of benzene rings is 1. The Hall–Kier alpha value is -2.95. The maximum atomic E-state index is 4.68. The number of pyridine rings is 1. The van der Waals surface area contributed by atoms with Crippen molar-refractivity contribution in [3.63, 3.8) is 0 Å². The van der Waals surface area contributed by atoms with Gasteiger partial charge in [-0.25, -0.2) is 4.98 Å². The highest BCUT2D eigenvalue weighted by molar-refractivity contribution is 5.68. The smallest absolute Gasteiger partial charge is 0.225 e. The first-order valence-electron chi connectivity index (χ1n) is 8.58. The Labute approximate surface area is 147 Å². The molecule has 0 atom stereocenters. The molecular formula is C20H21N5. The largest absolute Gasteiger partial charge is 0.351 e. The number of hydrogen-bond acceptors (Lipinski definition) is 5. The van der Waals surface area contributed by atoms with E-state index in [0.29, 0.717) is 12.0 Å². The summed E-state index contributed by atoms with van der Waals surface area (Å²) in [6.07, 6.45) is 5.93. The lowest BCUT2D eigenvalue weighted by molar-refractivity contribution is 1.06. The standard InChI is InChI=1S/C20H21N5/c1-13-4-3-5-17(14(13)2)23-19-12-18(15-8-10-21-11-9-15)24-20(25-19)22-16-6-7-16/h3-5,8-12,16H,6-7H2,1-2H3,(H2,22,23,24,25). The van der Waals surface area contributed by atoms with Crippen LogP contribution in [0.2, 0.25) is 0 Å². The van der Waals surface area contributed by atoms with E-state index in [-0.39, 0.29) is 0 Å². The van der Waals surface area contributed by atoms with Gasteiger partial charge in [0.15, 0.2) is 0 Å². The first-order chi connectivity index (χ1) is 12.2. The highest BCUT2D eigenvalue weighted by Gasteiger charge is 2.22. The minimum Gasteiger partial charge on any atom is -0.351 e. The number of rotatable bonds is 5. The first-order valence-corrected chi connectivity index (χ1v) is 8.58. The van der Waals surface area contributed by atoms with Gasteiger partial charge in [0.2, 0.25) is 5.95 Å². The predicted molar refractivity (Wildman–Crippen MR) is 101 cm³/mol. The summed E-state index contributed by atoms with van der Waals surface area (Å²) in [5.74, 6) is 1.46. The minimum absolute atomic E-state index is 0.501. The van der Waals surface area contributed by atoms with Gasteiger partial charge < -0.3 is 10.6 Å². The fraction of sp³-hybridized carbons (Fsp3) is 0.250. The van der Waals surface area contributed by atoms with Crippen molar-refractivity contribution in [3.05, 3.63) is 59.9 Å². The average Bonchev–Trinajstić information content (AvgIpc) is 3.43. The lowest BCUT2D eigenvalue weighted by Gasteiger charge is -2.13. The molecule has 0 radical (unpaired) electrons. The van der Waals surface area contributed by atoms with Gasteiger partial charge in [-0.05, 0) is 56.0 Å². The number of nitrogens with one attached hydrogen (secondary N) is 2. The molecule has 1 saturated carbocycles. The van der Waals surface area contributed by atoms with Crippen LogP contribution >= 0.6 is 0 Å². The molecule has 3 aromatic rings. The molecule has 126 valence electrons. The molecule has 0 amide bonds. The molecule has 1 fully saturated rings. The maximum absolute atomic E-state index is 4.68. The molecule has 0 bridgehead atoms. The van der Waals surface area contributed by atoms with Crippen LogP contribution in [0.25, 0.3) is 11.3 Å². The van der Waals surface area contributed by atoms with Crippen molar-refractivity contribution in [2.75, 3.05) is 10.6 Å². The third-order valence-electron chi connectivity index (χ3n) is 4.48. The minimum atomic E-state index is 0.501. The van der Waals surface area contributed by atoms with Crippen molar-refractivity contribution in [2.45, 2.75) is 32.7 Å². The van der Waals surface area contributed by atoms with Gasteiger partial charge >= 0.3 is 0 Å².